The largest absolute Gasteiger partial charge is 0.388 e. The number of amides is 1. The van der Waals surface area contributed by atoms with Crippen molar-refractivity contribution in [3.8, 4) is 5.69 Å². The van der Waals surface area contributed by atoms with Crippen LogP contribution in [0.4, 0.5) is 5.69 Å². The SMILES string of the molecule is CC1(C(=O)N2CCC(O)(Cn3cnc4c(cnn4-c4cccc(N5CC(N6CCOCC6)C5)c4)c3=O)CC2)CC1. The summed E-state index contributed by atoms with van der Waals surface area (Å²) in [6.07, 6.45) is 5.84. The molecule has 4 fully saturated rings. The first-order valence-corrected chi connectivity index (χ1v) is 14.4. The van der Waals surface area contributed by atoms with Gasteiger partial charge in [-0.25, -0.2) is 9.67 Å². The lowest BCUT2D eigenvalue weighted by Crippen LogP contribution is -2.61. The van der Waals surface area contributed by atoms with E-state index in [1.807, 2.05) is 24.0 Å². The van der Waals surface area contributed by atoms with Gasteiger partial charge in [0.1, 0.15) is 11.7 Å². The Labute approximate surface area is 232 Å². The molecule has 0 unspecified atom stereocenters. The van der Waals surface area contributed by atoms with Gasteiger partial charge in [0.2, 0.25) is 5.91 Å². The lowest BCUT2D eigenvalue weighted by Gasteiger charge is -2.47. The highest BCUT2D eigenvalue weighted by atomic mass is 16.5. The number of rotatable bonds is 6. The molecular formula is C29H37N7O4. The second-order valence-electron chi connectivity index (χ2n) is 12.3. The summed E-state index contributed by atoms with van der Waals surface area (Å²) in [4.78, 5) is 37.4. The van der Waals surface area contributed by atoms with Gasteiger partial charge in [0, 0.05) is 56.4 Å². The maximum Gasteiger partial charge on any atom is 0.264 e. The molecule has 3 aliphatic heterocycles. The number of carbonyl (C=O) groups excluding carboxylic acids is 1. The Bertz CT molecular complexity index is 1480. The van der Waals surface area contributed by atoms with Gasteiger partial charge in [-0.15, -0.1) is 0 Å². The third-order valence-corrected chi connectivity index (χ3v) is 9.38. The molecule has 5 heterocycles. The Morgan fingerprint density at radius 1 is 1.07 bits per heavy atom. The second-order valence-corrected chi connectivity index (χ2v) is 12.3. The van der Waals surface area contributed by atoms with E-state index in [9.17, 15) is 14.7 Å². The number of carbonyl (C=O) groups is 1. The van der Waals surface area contributed by atoms with Gasteiger partial charge in [0.05, 0.1) is 37.2 Å². The molecule has 1 N–H and O–H groups in total. The fraction of sp³-hybridized carbons (Fsp3) is 0.586. The van der Waals surface area contributed by atoms with Gasteiger partial charge in [-0.2, -0.15) is 5.10 Å². The third-order valence-electron chi connectivity index (χ3n) is 9.38. The summed E-state index contributed by atoms with van der Waals surface area (Å²) < 4.78 is 8.68. The van der Waals surface area contributed by atoms with E-state index < -0.39 is 5.60 Å². The maximum absolute atomic E-state index is 13.4. The third kappa shape index (κ3) is 4.59. The molecule has 0 bridgehead atoms. The molecule has 212 valence electrons. The van der Waals surface area contributed by atoms with Crippen molar-refractivity contribution in [1.82, 2.24) is 29.1 Å². The van der Waals surface area contributed by atoms with Crippen molar-refractivity contribution in [1.29, 1.82) is 0 Å². The Hall–Kier alpha value is -3.28. The average molecular weight is 548 g/mol. The normalized spacial score (nSPS) is 22.9. The summed E-state index contributed by atoms with van der Waals surface area (Å²) in [5, 5.41) is 16.2. The van der Waals surface area contributed by atoms with Crippen molar-refractivity contribution in [2.75, 3.05) is 57.4 Å². The Kier molecular flexibility index (Phi) is 6.21. The van der Waals surface area contributed by atoms with Crippen molar-refractivity contribution in [2.45, 2.75) is 50.8 Å². The minimum atomic E-state index is -1.05. The van der Waals surface area contributed by atoms with Crippen LogP contribution in [0.1, 0.15) is 32.6 Å². The summed E-state index contributed by atoms with van der Waals surface area (Å²) >= 11 is 0. The lowest BCUT2D eigenvalue weighted by molar-refractivity contribution is -0.141. The molecule has 1 saturated carbocycles. The summed E-state index contributed by atoms with van der Waals surface area (Å²) in [5.74, 6) is 0.192. The Balaban J connectivity index is 1.05. The molecule has 3 aromatic rings. The highest BCUT2D eigenvalue weighted by Gasteiger charge is 2.48. The van der Waals surface area contributed by atoms with Crippen LogP contribution in [0.15, 0.2) is 41.6 Å². The molecule has 1 amide bonds. The Morgan fingerprint density at radius 2 is 1.80 bits per heavy atom. The van der Waals surface area contributed by atoms with Crippen LogP contribution < -0.4 is 10.5 Å². The molecule has 11 nitrogen and oxygen atoms in total. The van der Waals surface area contributed by atoms with Crippen LogP contribution in [0, 0.1) is 5.41 Å². The van der Waals surface area contributed by atoms with Crippen LogP contribution in [0.2, 0.25) is 0 Å². The van der Waals surface area contributed by atoms with Crippen LogP contribution in [-0.4, -0.2) is 104 Å². The monoisotopic (exact) mass is 547 g/mol. The second kappa shape index (κ2) is 9.67. The number of fused-ring (bicyclic) bond motifs is 1. The highest BCUT2D eigenvalue weighted by molar-refractivity contribution is 5.85. The fourth-order valence-corrected chi connectivity index (χ4v) is 6.30. The molecule has 3 saturated heterocycles. The van der Waals surface area contributed by atoms with Crippen LogP contribution >= 0.6 is 0 Å². The van der Waals surface area contributed by atoms with Gasteiger partial charge in [-0.3, -0.25) is 19.1 Å². The lowest BCUT2D eigenvalue weighted by atomic mass is 9.90. The predicted octanol–water partition coefficient (Wildman–Crippen LogP) is 1.26. The zero-order valence-corrected chi connectivity index (χ0v) is 23.0. The summed E-state index contributed by atoms with van der Waals surface area (Å²) in [5.41, 5.74) is 0.996. The first-order chi connectivity index (χ1) is 19.3. The summed E-state index contributed by atoms with van der Waals surface area (Å²) in [6, 6.07) is 8.74. The van der Waals surface area contributed by atoms with E-state index in [0.29, 0.717) is 43.0 Å². The maximum atomic E-state index is 13.4. The molecule has 11 heteroatoms. The standard InChI is InChI=1S/C29H37N7O4/c1-28(5-6-28)27(38)33-9-7-29(39,8-10-33)19-35-20-30-25-24(26(35)37)16-31-36(25)22-4-2-3-21(15-22)34-17-23(18-34)32-11-13-40-14-12-32/h2-4,15-16,20,23,39H,5-14,17-19H2,1H3. The number of ether oxygens (including phenoxy) is 1. The van der Waals surface area contributed by atoms with E-state index >= 15 is 0 Å². The Morgan fingerprint density at radius 3 is 2.52 bits per heavy atom. The molecule has 1 aromatic carbocycles. The number of anilines is 1. The van der Waals surface area contributed by atoms with Crippen LogP contribution in [0.25, 0.3) is 16.7 Å². The van der Waals surface area contributed by atoms with Gasteiger partial charge in [-0.05, 0) is 43.9 Å². The average Bonchev–Trinajstić information content (AvgIpc) is 3.54. The number of benzene rings is 1. The van der Waals surface area contributed by atoms with Crippen molar-refractivity contribution < 1.29 is 14.6 Å². The smallest absolute Gasteiger partial charge is 0.264 e. The number of piperidine rings is 1. The van der Waals surface area contributed by atoms with Gasteiger partial charge >= 0.3 is 0 Å². The van der Waals surface area contributed by atoms with Gasteiger partial charge in [-0.1, -0.05) is 13.0 Å². The van der Waals surface area contributed by atoms with E-state index in [-0.39, 0.29) is 23.4 Å². The molecule has 2 aromatic heterocycles. The van der Waals surface area contributed by atoms with Crippen molar-refractivity contribution in [3.63, 3.8) is 0 Å². The van der Waals surface area contributed by atoms with Gasteiger partial charge in [0.15, 0.2) is 5.65 Å². The van der Waals surface area contributed by atoms with Crippen LogP contribution in [0.3, 0.4) is 0 Å². The molecule has 0 radical (unpaired) electrons. The topological polar surface area (TPSA) is 109 Å². The van der Waals surface area contributed by atoms with Gasteiger partial charge in [0.25, 0.3) is 5.56 Å². The fourth-order valence-electron chi connectivity index (χ4n) is 6.30. The van der Waals surface area contributed by atoms with E-state index in [2.05, 4.69) is 32.0 Å². The molecule has 7 rings (SSSR count). The molecule has 0 spiro atoms. The number of nitrogens with zero attached hydrogens (tertiary/aromatic N) is 7. The van der Waals surface area contributed by atoms with Crippen LogP contribution in [-0.2, 0) is 16.1 Å². The minimum absolute atomic E-state index is 0.147. The van der Waals surface area contributed by atoms with Crippen molar-refractivity contribution in [3.05, 3.63) is 47.1 Å². The molecule has 4 aliphatic rings. The molecule has 40 heavy (non-hydrogen) atoms. The van der Waals surface area contributed by atoms with E-state index in [4.69, 9.17) is 4.74 Å². The van der Waals surface area contributed by atoms with E-state index in [1.165, 1.54) is 10.9 Å². The number of morpholine rings is 1. The molecular weight excluding hydrogens is 510 g/mol. The number of aliphatic hydroxyl groups is 1. The first kappa shape index (κ1) is 25.7. The minimum Gasteiger partial charge on any atom is -0.388 e. The predicted molar refractivity (Wildman–Crippen MR) is 150 cm³/mol. The number of hydrogen-bond acceptors (Lipinski definition) is 8. The summed E-state index contributed by atoms with van der Waals surface area (Å²) in [6.45, 7) is 8.76. The molecule has 0 atom stereocenters. The zero-order valence-electron chi connectivity index (χ0n) is 23.0. The number of aromatic nitrogens is 4. The highest BCUT2D eigenvalue weighted by Crippen LogP contribution is 2.47. The molecule has 1 aliphatic carbocycles. The van der Waals surface area contributed by atoms with E-state index in [1.54, 1.807) is 10.9 Å². The van der Waals surface area contributed by atoms with Crippen LogP contribution in [0.5, 0.6) is 0 Å². The first-order valence-electron chi connectivity index (χ1n) is 14.4. The zero-order chi connectivity index (χ0) is 27.5. The van der Waals surface area contributed by atoms with Gasteiger partial charge < -0.3 is 19.6 Å². The van der Waals surface area contributed by atoms with E-state index in [0.717, 1.165) is 63.6 Å². The quantitative estimate of drug-likeness (QED) is 0.492. The number of hydrogen-bond donors (Lipinski definition) is 1. The van der Waals surface area contributed by atoms with Crippen molar-refractivity contribution >= 4 is 22.6 Å². The number of likely N-dealkylation sites (tertiary alicyclic amines) is 1. The summed E-state index contributed by atoms with van der Waals surface area (Å²) in [7, 11) is 0. The van der Waals surface area contributed by atoms with Crippen molar-refractivity contribution in [2.24, 2.45) is 5.41 Å².